The van der Waals surface area contributed by atoms with E-state index in [0.29, 0.717) is 29.5 Å². The van der Waals surface area contributed by atoms with Crippen molar-refractivity contribution < 1.29 is 14.3 Å². The van der Waals surface area contributed by atoms with Gasteiger partial charge in [0.05, 0.1) is 12.3 Å². The van der Waals surface area contributed by atoms with E-state index in [2.05, 4.69) is 4.99 Å². The normalized spacial score (nSPS) is 24.4. The lowest BCUT2D eigenvalue weighted by atomic mass is 9.91. The predicted molar refractivity (Wildman–Crippen MR) is 97.0 cm³/mol. The number of rotatable bonds is 1. The first-order valence-electron chi connectivity index (χ1n) is 9.21. The molecule has 2 aliphatic rings. The van der Waals surface area contributed by atoms with E-state index in [9.17, 15) is 4.79 Å². The van der Waals surface area contributed by atoms with Gasteiger partial charge >= 0.3 is 5.97 Å². The number of ether oxygens (including phenoxy) is 2. The number of fused-ring (bicyclic) bond motifs is 2. The summed E-state index contributed by atoms with van der Waals surface area (Å²) in [4.78, 5) is 16.7. The summed E-state index contributed by atoms with van der Waals surface area (Å²) in [5.41, 5.74) is 11.9. The van der Waals surface area contributed by atoms with Gasteiger partial charge in [-0.3, -0.25) is 0 Å². The van der Waals surface area contributed by atoms with Crippen molar-refractivity contribution in [1.82, 2.24) is 0 Å². The molecule has 1 aromatic rings. The molecule has 0 radical (unpaired) electrons. The van der Waals surface area contributed by atoms with Crippen molar-refractivity contribution >= 4 is 17.6 Å². The van der Waals surface area contributed by atoms with Crippen LogP contribution in [-0.2, 0) is 4.74 Å². The zero-order valence-electron chi connectivity index (χ0n) is 14.6. The summed E-state index contributed by atoms with van der Waals surface area (Å²) >= 11 is 0. The number of nitrogens with zero attached hydrogens (tertiary/aromatic N) is 1. The Morgan fingerprint density at radius 1 is 1.04 bits per heavy atom. The fourth-order valence-corrected chi connectivity index (χ4v) is 3.73. The van der Waals surface area contributed by atoms with Crippen molar-refractivity contribution in [3.63, 3.8) is 0 Å². The molecule has 0 aromatic heterocycles. The number of esters is 1. The number of hydrogen-bond donors (Lipinski definition) is 2. The largest absolute Gasteiger partial charge is 0.493 e. The van der Waals surface area contributed by atoms with Crippen molar-refractivity contribution in [3.8, 4) is 5.75 Å². The van der Waals surface area contributed by atoms with E-state index < -0.39 is 0 Å². The minimum atomic E-state index is -0.317. The molecule has 6 heteroatoms. The van der Waals surface area contributed by atoms with Crippen LogP contribution < -0.4 is 16.2 Å². The van der Waals surface area contributed by atoms with Crippen LogP contribution in [0.15, 0.2) is 23.2 Å². The molecular weight excluding hydrogens is 318 g/mol. The van der Waals surface area contributed by atoms with Gasteiger partial charge in [0.1, 0.15) is 17.4 Å². The minimum Gasteiger partial charge on any atom is -0.493 e. The maximum atomic E-state index is 12.7. The van der Waals surface area contributed by atoms with Gasteiger partial charge in [0, 0.05) is 6.07 Å². The number of benzene rings is 1. The Morgan fingerprint density at radius 2 is 1.80 bits per heavy atom. The van der Waals surface area contributed by atoms with Crippen LogP contribution in [0.2, 0.25) is 0 Å². The van der Waals surface area contributed by atoms with Gasteiger partial charge < -0.3 is 20.9 Å². The summed E-state index contributed by atoms with van der Waals surface area (Å²) in [6.07, 6.45) is 8.98. The average molecular weight is 345 g/mol. The lowest BCUT2D eigenvalue weighted by Crippen LogP contribution is -2.27. The zero-order chi connectivity index (χ0) is 17.6. The highest BCUT2D eigenvalue weighted by Gasteiger charge is 2.29. The van der Waals surface area contributed by atoms with Gasteiger partial charge in [-0.15, -0.1) is 0 Å². The van der Waals surface area contributed by atoms with Crippen LogP contribution in [0.5, 0.6) is 5.75 Å². The van der Waals surface area contributed by atoms with E-state index in [4.69, 9.17) is 20.9 Å². The standard InChI is InChI=1S/C19H27N3O3/c20-19(21)22-14-8-9-15-17(12-14)24-11-10-13-6-4-2-1-3-5-7-16(13)25-18(15)23/h8-9,12-13,16H,1-7,10-11H2,(H4,20,21,22). The first-order valence-corrected chi connectivity index (χ1v) is 9.21. The van der Waals surface area contributed by atoms with Crippen LogP contribution in [-0.4, -0.2) is 24.6 Å². The van der Waals surface area contributed by atoms with Crippen molar-refractivity contribution in [2.45, 2.75) is 57.5 Å². The van der Waals surface area contributed by atoms with Gasteiger partial charge in [-0.2, -0.15) is 0 Å². The molecule has 1 fully saturated rings. The van der Waals surface area contributed by atoms with Gasteiger partial charge in [0.2, 0.25) is 0 Å². The summed E-state index contributed by atoms with van der Waals surface area (Å²) in [7, 11) is 0. The van der Waals surface area contributed by atoms with Crippen molar-refractivity contribution in [3.05, 3.63) is 23.8 Å². The Hall–Kier alpha value is -2.24. The SMILES string of the molecule is NC(N)=Nc1ccc2c(c1)OCCC1CCCCCCCC1OC2=O. The molecule has 1 aromatic carbocycles. The molecule has 2 unspecified atom stereocenters. The summed E-state index contributed by atoms with van der Waals surface area (Å²) in [5, 5.41) is 0. The van der Waals surface area contributed by atoms with Crippen LogP contribution >= 0.6 is 0 Å². The third-order valence-electron chi connectivity index (χ3n) is 5.04. The lowest BCUT2D eigenvalue weighted by molar-refractivity contribution is 0.00788. The van der Waals surface area contributed by atoms with E-state index in [0.717, 1.165) is 25.7 Å². The highest BCUT2D eigenvalue weighted by Crippen LogP contribution is 2.32. The molecular formula is C19H27N3O3. The summed E-state index contributed by atoms with van der Waals surface area (Å²) < 4.78 is 11.8. The number of aliphatic imine (C=N–C) groups is 1. The van der Waals surface area contributed by atoms with Crippen molar-refractivity contribution in [2.75, 3.05) is 6.61 Å². The zero-order valence-corrected chi connectivity index (χ0v) is 14.6. The smallest absolute Gasteiger partial charge is 0.342 e. The first-order chi connectivity index (χ1) is 12.1. The molecule has 0 bridgehead atoms. The maximum absolute atomic E-state index is 12.7. The van der Waals surface area contributed by atoms with E-state index in [1.807, 2.05) is 0 Å². The summed E-state index contributed by atoms with van der Waals surface area (Å²) in [6, 6.07) is 5.06. The topological polar surface area (TPSA) is 99.9 Å². The molecule has 1 heterocycles. The Bertz CT molecular complexity index is 641. The molecule has 2 atom stereocenters. The maximum Gasteiger partial charge on any atom is 0.342 e. The molecule has 0 amide bonds. The molecule has 1 aliphatic heterocycles. The second-order valence-electron chi connectivity index (χ2n) is 6.90. The molecule has 1 saturated carbocycles. The molecule has 0 spiro atoms. The van der Waals surface area contributed by atoms with Crippen LogP contribution in [0.3, 0.4) is 0 Å². The fourth-order valence-electron chi connectivity index (χ4n) is 3.73. The Labute approximate surface area is 148 Å². The van der Waals surface area contributed by atoms with E-state index in [1.54, 1.807) is 18.2 Å². The molecule has 6 nitrogen and oxygen atoms in total. The molecule has 0 saturated heterocycles. The predicted octanol–water partition coefficient (Wildman–Crippen LogP) is 3.26. The lowest BCUT2D eigenvalue weighted by Gasteiger charge is -2.25. The quantitative estimate of drug-likeness (QED) is 0.462. The number of hydrogen-bond acceptors (Lipinski definition) is 4. The summed E-state index contributed by atoms with van der Waals surface area (Å²) in [5.74, 6) is 0.509. The van der Waals surface area contributed by atoms with Gasteiger partial charge in [-0.25, -0.2) is 9.79 Å². The van der Waals surface area contributed by atoms with Crippen LogP contribution in [0.4, 0.5) is 5.69 Å². The summed E-state index contributed by atoms with van der Waals surface area (Å²) in [6.45, 7) is 0.566. The Balaban J connectivity index is 1.84. The average Bonchev–Trinajstić information content (AvgIpc) is 2.70. The van der Waals surface area contributed by atoms with Gasteiger partial charge in [-0.05, 0) is 43.7 Å². The fraction of sp³-hybridized carbons (Fsp3) is 0.579. The van der Waals surface area contributed by atoms with Crippen LogP contribution in [0.1, 0.15) is 61.7 Å². The second-order valence-corrected chi connectivity index (χ2v) is 6.90. The molecule has 136 valence electrons. The monoisotopic (exact) mass is 345 g/mol. The van der Waals surface area contributed by atoms with E-state index in [1.165, 1.54) is 25.7 Å². The van der Waals surface area contributed by atoms with Crippen LogP contribution in [0.25, 0.3) is 0 Å². The third-order valence-corrected chi connectivity index (χ3v) is 5.04. The minimum absolute atomic E-state index is 0.0162. The Morgan fingerprint density at radius 3 is 2.60 bits per heavy atom. The van der Waals surface area contributed by atoms with Crippen molar-refractivity contribution in [1.29, 1.82) is 0 Å². The number of carbonyl (C=O) groups is 1. The molecule has 25 heavy (non-hydrogen) atoms. The van der Waals surface area contributed by atoms with Crippen LogP contribution in [0, 0.1) is 5.92 Å². The van der Waals surface area contributed by atoms with E-state index >= 15 is 0 Å². The molecule has 1 aliphatic carbocycles. The Kier molecular flexibility index (Phi) is 5.79. The first kappa shape index (κ1) is 17.6. The molecule has 4 N–H and O–H groups in total. The number of nitrogens with two attached hydrogens (primary N) is 2. The second kappa shape index (κ2) is 8.23. The van der Waals surface area contributed by atoms with Gasteiger partial charge in [0.25, 0.3) is 0 Å². The molecule has 3 rings (SSSR count). The van der Waals surface area contributed by atoms with Gasteiger partial charge in [0.15, 0.2) is 5.96 Å². The highest BCUT2D eigenvalue weighted by molar-refractivity contribution is 5.93. The number of guanidine groups is 1. The van der Waals surface area contributed by atoms with E-state index in [-0.39, 0.29) is 18.0 Å². The number of carbonyl (C=O) groups excluding carboxylic acids is 1. The third kappa shape index (κ3) is 4.65. The van der Waals surface area contributed by atoms with Gasteiger partial charge in [-0.1, -0.05) is 25.7 Å². The highest BCUT2D eigenvalue weighted by atomic mass is 16.5. The van der Waals surface area contributed by atoms with Crippen molar-refractivity contribution in [2.24, 2.45) is 22.4 Å².